The van der Waals surface area contributed by atoms with Gasteiger partial charge in [0.15, 0.2) is 0 Å². The Morgan fingerprint density at radius 1 is 1.03 bits per heavy atom. The number of carbonyl (C=O) groups is 1. The van der Waals surface area contributed by atoms with E-state index in [1.165, 1.54) is 18.2 Å². The van der Waals surface area contributed by atoms with E-state index in [4.69, 9.17) is 0 Å². The number of sulfonamides is 1. The van der Waals surface area contributed by atoms with Gasteiger partial charge in [-0.25, -0.2) is 21.9 Å². The van der Waals surface area contributed by atoms with Gasteiger partial charge >= 0.3 is 0 Å². The van der Waals surface area contributed by atoms with E-state index >= 15 is 0 Å². The Hall–Kier alpha value is -2.32. The highest BCUT2D eigenvalue weighted by Gasteiger charge is 2.54. The fourth-order valence-corrected chi connectivity index (χ4v) is 5.88. The molecule has 0 radical (unpaired) electrons. The van der Waals surface area contributed by atoms with Crippen molar-refractivity contribution in [2.24, 2.45) is 11.8 Å². The van der Waals surface area contributed by atoms with Crippen LogP contribution in [-0.2, 0) is 14.8 Å². The van der Waals surface area contributed by atoms with Gasteiger partial charge in [-0.05, 0) is 54.4 Å². The van der Waals surface area contributed by atoms with Crippen LogP contribution >= 0.6 is 0 Å². The SMILES string of the molecule is C[C@H]1[C@H](C(=O)N2CCC[C@H](NS(C)(=O)=O)CC2)[C@H]1c1ccccc1-c1c(F)cccc1F. The minimum Gasteiger partial charge on any atom is -0.342 e. The molecule has 32 heavy (non-hydrogen) atoms. The van der Waals surface area contributed by atoms with E-state index in [9.17, 15) is 22.0 Å². The molecule has 172 valence electrons. The first-order valence-corrected chi connectivity index (χ1v) is 12.9. The monoisotopic (exact) mass is 462 g/mol. The molecule has 8 heteroatoms. The van der Waals surface area contributed by atoms with Crippen molar-refractivity contribution >= 4 is 15.9 Å². The molecule has 1 N–H and O–H groups in total. The summed E-state index contributed by atoms with van der Waals surface area (Å²) in [7, 11) is -3.29. The molecule has 1 aliphatic carbocycles. The first-order valence-electron chi connectivity index (χ1n) is 11.0. The molecule has 0 bridgehead atoms. The Balaban J connectivity index is 1.53. The number of likely N-dealkylation sites (tertiary alicyclic amines) is 1. The molecule has 0 aromatic heterocycles. The fourth-order valence-electron chi connectivity index (χ4n) is 5.04. The Bertz CT molecular complexity index is 1100. The van der Waals surface area contributed by atoms with Gasteiger partial charge in [-0.2, -0.15) is 0 Å². The van der Waals surface area contributed by atoms with Crippen LogP contribution in [0.15, 0.2) is 42.5 Å². The van der Waals surface area contributed by atoms with E-state index in [0.717, 1.165) is 18.2 Å². The van der Waals surface area contributed by atoms with Crippen LogP contribution in [0.4, 0.5) is 8.78 Å². The Morgan fingerprint density at radius 3 is 2.41 bits per heavy atom. The second kappa shape index (κ2) is 8.90. The lowest BCUT2D eigenvalue weighted by molar-refractivity contribution is -0.132. The fraction of sp³-hybridized carbons (Fsp3) is 0.458. The number of nitrogens with zero attached hydrogens (tertiary/aromatic N) is 1. The van der Waals surface area contributed by atoms with Crippen molar-refractivity contribution in [1.82, 2.24) is 9.62 Å². The summed E-state index contributed by atoms with van der Waals surface area (Å²) in [5.74, 6) is -1.49. The van der Waals surface area contributed by atoms with E-state index in [1.54, 1.807) is 12.1 Å². The third-order valence-corrected chi connectivity index (χ3v) is 7.40. The third-order valence-electron chi connectivity index (χ3n) is 6.64. The van der Waals surface area contributed by atoms with Gasteiger partial charge in [-0.1, -0.05) is 37.3 Å². The van der Waals surface area contributed by atoms with E-state index < -0.39 is 21.7 Å². The molecule has 1 saturated heterocycles. The highest BCUT2D eigenvalue weighted by molar-refractivity contribution is 7.88. The zero-order valence-corrected chi connectivity index (χ0v) is 19.0. The maximum atomic E-state index is 14.5. The van der Waals surface area contributed by atoms with E-state index in [1.807, 2.05) is 24.0 Å². The van der Waals surface area contributed by atoms with Crippen molar-refractivity contribution in [3.63, 3.8) is 0 Å². The summed E-state index contributed by atoms with van der Waals surface area (Å²) in [6.07, 6.45) is 3.13. The molecule has 2 aromatic rings. The van der Waals surface area contributed by atoms with Crippen molar-refractivity contribution in [1.29, 1.82) is 0 Å². The van der Waals surface area contributed by atoms with Crippen LogP contribution in [0.25, 0.3) is 11.1 Å². The third kappa shape index (κ3) is 4.71. The molecule has 2 aliphatic rings. The Labute approximate surface area is 187 Å². The summed E-state index contributed by atoms with van der Waals surface area (Å²) in [6, 6.07) is 10.8. The molecule has 4 atom stereocenters. The zero-order chi connectivity index (χ0) is 23.0. The quantitative estimate of drug-likeness (QED) is 0.733. The van der Waals surface area contributed by atoms with Gasteiger partial charge in [0, 0.05) is 25.0 Å². The molecule has 0 spiro atoms. The van der Waals surface area contributed by atoms with Crippen LogP contribution in [-0.4, -0.2) is 44.6 Å². The van der Waals surface area contributed by atoms with Crippen LogP contribution in [0.3, 0.4) is 0 Å². The average molecular weight is 463 g/mol. The van der Waals surface area contributed by atoms with Crippen molar-refractivity contribution < 1.29 is 22.0 Å². The van der Waals surface area contributed by atoms with Crippen LogP contribution in [0.1, 0.15) is 37.7 Å². The molecule has 1 heterocycles. The maximum absolute atomic E-state index is 14.5. The lowest BCUT2D eigenvalue weighted by atomic mass is 9.94. The number of rotatable bonds is 5. The van der Waals surface area contributed by atoms with Gasteiger partial charge in [0.1, 0.15) is 11.6 Å². The number of benzene rings is 2. The van der Waals surface area contributed by atoms with Gasteiger partial charge in [0.2, 0.25) is 15.9 Å². The number of amides is 1. The number of hydrogen-bond donors (Lipinski definition) is 1. The van der Waals surface area contributed by atoms with Crippen molar-refractivity contribution in [2.45, 2.75) is 38.1 Å². The summed E-state index contributed by atoms with van der Waals surface area (Å²) in [6.45, 7) is 3.07. The lowest BCUT2D eigenvalue weighted by Gasteiger charge is -2.21. The van der Waals surface area contributed by atoms with E-state index in [2.05, 4.69) is 4.72 Å². The summed E-state index contributed by atoms with van der Waals surface area (Å²) in [5.41, 5.74) is 1.22. The van der Waals surface area contributed by atoms with Gasteiger partial charge in [0.25, 0.3) is 0 Å². The number of nitrogens with one attached hydrogen (secondary N) is 1. The molecular weight excluding hydrogens is 434 g/mol. The first kappa shape index (κ1) is 22.9. The number of hydrogen-bond acceptors (Lipinski definition) is 3. The minimum atomic E-state index is -3.29. The Morgan fingerprint density at radius 2 is 1.72 bits per heavy atom. The van der Waals surface area contributed by atoms with E-state index in [0.29, 0.717) is 31.5 Å². The second-order valence-corrected chi connectivity index (χ2v) is 10.7. The van der Waals surface area contributed by atoms with Crippen LogP contribution in [0.5, 0.6) is 0 Å². The smallest absolute Gasteiger partial charge is 0.226 e. The molecular formula is C24H28F2N2O3S. The van der Waals surface area contributed by atoms with Crippen molar-refractivity contribution in [3.05, 3.63) is 59.7 Å². The second-order valence-electron chi connectivity index (χ2n) is 8.94. The minimum absolute atomic E-state index is 0.0336. The molecule has 2 aromatic carbocycles. The average Bonchev–Trinajstić information content (AvgIpc) is 3.44. The number of halogens is 2. The summed E-state index contributed by atoms with van der Waals surface area (Å²) in [5, 5.41) is 0. The number of carbonyl (C=O) groups excluding carboxylic acids is 1. The zero-order valence-electron chi connectivity index (χ0n) is 18.2. The van der Waals surface area contributed by atoms with Gasteiger partial charge < -0.3 is 4.90 Å². The molecule has 0 unspecified atom stereocenters. The van der Waals surface area contributed by atoms with Crippen LogP contribution in [0, 0.1) is 23.5 Å². The molecule has 1 saturated carbocycles. The van der Waals surface area contributed by atoms with Crippen molar-refractivity contribution in [3.8, 4) is 11.1 Å². The standard InChI is InChI=1S/C24H28F2N2O3S/c1-15-21(17-8-3-4-9-18(17)23-19(25)10-5-11-20(23)26)22(15)24(29)28-13-6-7-16(12-14-28)27-32(2,30)31/h3-5,8-11,15-16,21-22,27H,6-7,12-14H2,1-2H3/t15-,16+,21-,22+/m1/s1. The van der Waals surface area contributed by atoms with Crippen molar-refractivity contribution in [2.75, 3.05) is 19.3 Å². The summed E-state index contributed by atoms with van der Waals surface area (Å²) >= 11 is 0. The van der Waals surface area contributed by atoms with Gasteiger partial charge in [-0.15, -0.1) is 0 Å². The molecule has 1 aliphatic heterocycles. The normalized spacial score (nSPS) is 25.9. The first-order chi connectivity index (χ1) is 15.2. The molecule has 5 nitrogen and oxygen atoms in total. The van der Waals surface area contributed by atoms with Gasteiger partial charge in [-0.3, -0.25) is 4.79 Å². The highest BCUT2D eigenvalue weighted by Crippen LogP contribution is 2.56. The van der Waals surface area contributed by atoms with Crippen LogP contribution in [0.2, 0.25) is 0 Å². The maximum Gasteiger partial charge on any atom is 0.226 e. The lowest BCUT2D eigenvalue weighted by Crippen LogP contribution is -2.37. The predicted molar refractivity (Wildman–Crippen MR) is 119 cm³/mol. The largest absolute Gasteiger partial charge is 0.342 e. The Kier molecular flexibility index (Phi) is 6.36. The highest BCUT2D eigenvalue weighted by atomic mass is 32.2. The molecule has 4 rings (SSSR count). The van der Waals surface area contributed by atoms with Crippen LogP contribution < -0.4 is 4.72 Å². The predicted octanol–water partition coefficient (Wildman–Crippen LogP) is 3.91. The topological polar surface area (TPSA) is 66.5 Å². The van der Waals surface area contributed by atoms with E-state index in [-0.39, 0.29) is 35.3 Å². The summed E-state index contributed by atoms with van der Waals surface area (Å²) < 4.78 is 54.7. The van der Waals surface area contributed by atoms with Gasteiger partial charge in [0.05, 0.1) is 11.8 Å². The molecule has 1 amide bonds. The summed E-state index contributed by atoms with van der Waals surface area (Å²) in [4.78, 5) is 15.1. The molecule has 2 fully saturated rings.